The van der Waals surface area contributed by atoms with Crippen LogP contribution in [0.25, 0.3) is 0 Å². The van der Waals surface area contributed by atoms with Gasteiger partial charge in [-0.3, -0.25) is 0 Å². The summed E-state index contributed by atoms with van der Waals surface area (Å²) in [6, 6.07) is 6.03. The topological polar surface area (TPSA) is 27.7 Å². The zero-order valence-electron chi connectivity index (χ0n) is 12.1. The Bertz CT molecular complexity index is 403. The molecule has 0 saturated carbocycles. The lowest BCUT2D eigenvalue weighted by Crippen LogP contribution is -2.26. The van der Waals surface area contributed by atoms with Crippen LogP contribution in [0.4, 0.5) is 0 Å². The molecule has 1 aromatic carbocycles. The SMILES string of the molecule is CCCOc1ccc(CBr)c(OCC2CCCCO2)c1. The smallest absolute Gasteiger partial charge is 0.127 e. The summed E-state index contributed by atoms with van der Waals surface area (Å²) >= 11 is 3.50. The van der Waals surface area contributed by atoms with Crippen molar-refractivity contribution in [3.63, 3.8) is 0 Å². The number of hydrogen-bond donors (Lipinski definition) is 0. The normalized spacial score (nSPS) is 18.8. The fourth-order valence-corrected chi connectivity index (χ4v) is 2.67. The number of ether oxygens (including phenoxy) is 3. The van der Waals surface area contributed by atoms with Gasteiger partial charge < -0.3 is 14.2 Å². The first-order valence-corrected chi connectivity index (χ1v) is 8.51. The van der Waals surface area contributed by atoms with Crippen LogP contribution >= 0.6 is 15.9 Å². The van der Waals surface area contributed by atoms with Crippen molar-refractivity contribution in [1.82, 2.24) is 0 Å². The Morgan fingerprint density at radius 3 is 2.90 bits per heavy atom. The minimum atomic E-state index is 0.229. The zero-order chi connectivity index (χ0) is 14.2. The van der Waals surface area contributed by atoms with Crippen LogP contribution in [0.1, 0.15) is 38.2 Å². The zero-order valence-corrected chi connectivity index (χ0v) is 13.7. The molecule has 0 bridgehead atoms. The Morgan fingerprint density at radius 2 is 2.20 bits per heavy atom. The Kier molecular flexibility index (Phi) is 6.67. The van der Waals surface area contributed by atoms with Crippen LogP contribution in [0.5, 0.6) is 11.5 Å². The lowest BCUT2D eigenvalue weighted by molar-refractivity contribution is -0.0112. The van der Waals surface area contributed by atoms with E-state index in [-0.39, 0.29) is 6.10 Å². The quantitative estimate of drug-likeness (QED) is 0.690. The fraction of sp³-hybridized carbons (Fsp3) is 0.625. The maximum Gasteiger partial charge on any atom is 0.127 e. The van der Waals surface area contributed by atoms with Gasteiger partial charge in [-0.1, -0.05) is 28.9 Å². The molecule has 112 valence electrons. The molecule has 2 rings (SSSR count). The summed E-state index contributed by atoms with van der Waals surface area (Å²) < 4.78 is 17.3. The van der Waals surface area contributed by atoms with Gasteiger partial charge in [0, 0.05) is 23.6 Å². The Morgan fingerprint density at radius 1 is 1.30 bits per heavy atom. The van der Waals surface area contributed by atoms with E-state index >= 15 is 0 Å². The molecule has 0 aliphatic carbocycles. The van der Waals surface area contributed by atoms with Crippen LogP contribution in [-0.2, 0) is 10.1 Å². The molecule has 1 atom stereocenters. The van der Waals surface area contributed by atoms with Gasteiger partial charge in [-0.25, -0.2) is 0 Å². The molecule has 1 aliphatic rings. The van der Waals surface area contributed by atoms with E-state index in [0.717, 1.165) is 48.4 Å². The van der Waals surface area contributed by atoms with E-state index in [9.17, 15) is 0 Å². The molecule has 20 heavy (non-hydrogen) atoms. The van der Waals surface area contributed by atoms with Gasteiger partial charge in [0.15, 0.2) is 0 Å². The lowest BCUT2D eigenvalue weighted by Gasteiger charge is -2.23. The second-order valence-electron chi connectivity index (χ2n) is 5.05. The van der Waals surface area contributed by atoms with E-state index in [1.54, 1.807) is 0 Å². The van der Waals surface area contributed by atoms with Crippen molar-refractivity contribution in [3.8, 4) is 11.5 Å². The molecule has 1 aliphatic heterocycles. The van der Waals surface area contributed by atoms with Gasteiger partial charge in [0.05, 0.1) is 12.7 Å². The molecule has 1 aromatic rings. The van der Waals surface area contributed by atoms with E-state index in [4.69, 9.17) is 14.2 Å². The van der Waals surface area contributed by atoms with Crippen molar-refractivity contribution < 1.29 is 14.2 Å². The third-order valence-electron chi connectivity index (χ3n) is 3.35. The summed E-state index contributed by atoms with van der Waals surface area (Å²) in [4.78, 5) is 0. The molecule has 1 unspecified atom stereocenters. The molecule has 0 N–H and O–H groups in total. The highest BCUT2D eigenvalue weighted by Gasteiger charge is 2.15. The third-order valence-corrected chi connectivity index (χ3v) is 3.96. The van der Waals surface area contributed by atoms with E-state index < -0.39 is 0 Å². The highest BCUT2D eigenvalue weighted by Crippen LogP contribution is 2.27. The largest absolute Gasteiger partial charge is 0.493 e. The van der Waals surface area contributed by atoms with Crippen LogP contribution in [0, 0.1) is 0 Å². The number of benzene rings is 1. The van der Waals surface area contributed by atoms with E-state index in [2.05, 4.69) is 28.9 Å². The summed E-state index contributed by atoms with van der Waals surface area (Å²) in [7, 11) is 0. The maximum absolute atomic E-state index is 5.95. The third kappa shape index (κ3) is 4.67. The van der Waals surface area contributed by atoms with Crippen molar-refractivity contribution in [2.75, 3.05) is 19.8 Å². The van der Waals surface area contributed by atoms with Crippen molar-refractivity contribution in [2.45, 2.75) is 44.0 Å². The van der Waals surface area contributed by atoms with Gasteiger partial charge in [0.25, 0.3) is 0 Å². The molecule has 0 aromatic heterocycles. The highest BCUT2D eigenvalue weighted by molar-refractivity contribution is 9.08. The number of halogens is 1. The first kappa shape index (κ1) is 15.6. The number of alkyl halides is 1. The summed E-state index contributed by atoms with van der Waals surface area (Å²) in [5.74, 6) is 1.76. The van der Waals surface area contributed by atoms with E-state index in [1.165, 1.54) is 12.8 Å². The van der Waals surface area contributed by atoms with Gasteiger partial charge in [0.2, 0.25) is 0 Å². The minimum absolute atomic E-state index is 0.229. The Labute approximate surface area is 129 Å². The van der Waals surface area contributed by atoms with Gasteiger partial charge >= 0.3 is 0 Å². The summed E-state index contributed by atoms with van der Waals surface area (Å²) in [6.07, 6.45) is 4.73. The van der Waals surface area contributed by atoms with E-state index in [0.29, 0.717) is 6.61 Å². The predicted molar refractivity (Wildman–Crippen MR) is 83.9 cm³/mol. The second kappa shape index (κ2) is 8.53. The monoisotopic (exact) mass is 342 g/mol. The Balaban J connectivity index is 1.96. The fourth-order valence-electron chi connectivity index (χ4n) is 2.21. The maximum atomic E-state index is 5.95. The van der Waals surface area contributed by atoms with Crippen molar-refractivity contribution >= 4 is 15.9 Å². The Hall–Kier alpha value is -0.740. The van der Waals surface area contributed by atoms with Crippen LogP contribution in [-0.4, -0.2) is 25.9 Å². The first-order valence-electron chi connectivity index (χ1n) is 7.39. The molecule has 3 nitrogen and oxygen atoms in total. The molecule has 1 heterocycles. The first-order chi connectivity index (χ1) is 9.83. The van der Waals surface area contributed by atoms with Crippen LogP contribution in [0.3, 0.4) is 0 Å². The van der Waals surface area contributed by atoms with Gasteiger partial charge in [-0.05, 0) is 31.7 Å². The molecular weight excluding hydrogens is 320 g/mol. The predicted octanol–water partition coefficient (Wildman–Crippen LogP) is 4.32. The molecule has 0 amide bonds. The van der Waals surface area contributed by atoms with Gasteiger partial charge in [-0.15, -0.1) is 0 Å². The van der Waals surface area contributed by atoms with Crippen molar-refractivity contribution in [1.29, 1.82) is 0 Å². The average molecular weight is 343 g/mol. The number of hydrogen-bond acceptors (Lipinski definition) is 3. The highest BCUT2D eigenvalue weighted by atomic mass is 79.9. The summed E-state index contributed by atoms with van der Waals surface area (Å²) in [5, 5.41) is 0.780. The van der Waals surface area contributed by atoms with E-state index in [1.807, 2.05) is 12.1 Å². The molecule has 0 radical (unpaired) electrons. The van der Waals surface area contributed by atoms with Crippen LogP contribution in [0.2, 0.25) is 0 Å². The number of rotatable bonds is 7. The molecule has 4 heteroatoms. The van der Waals surface area contributed by atoms with Crippen LogP contribution < -0.4 is 9.47 Å². The molecule has 0 spiro atoms. The summed E-state index contributed by atoms with van der Waals surface area (Å²) in [6.45, 7) is 4.32. The molecule has 1 saturated heterocycles. The average Bonchev–Trinajstić information content (AvgIpc) is 2.52. The van der Waals surface area contributed by atoms with Crippen molar-refractivity contribution in [2.24, 2.45) is 0 Å². The molecule has 1 fully saturated rings. The van der Waals surface area contributed by atoms with Crippen molar-refractivity contribution in [3.05, 3.63) is 23.8 Å². The van der Waals surface area contributed by atoms with Gasteiger partial charge in [0.1, 0.15) is 18.1 Å². The molecular formula is C16H23BrO3. The van der Waals surface area contributed by atoms with Crippen LogP contribution in [0.15, 0.2) is 18.2 Å². The second-order valence-corrected chi connectivity index (χ2v) is 5.61. The summed E-state index contributed by atoms with van der Waals surface area (Å²) in [5.41, 5.74) is 1.14. The minimum Gasteiger partial charge on any atom is -0.493 e. The lowest BCUT2D eigenvalue weighted by atomic mass is 10.1. The van der Waals surface area contributed by atoms with Gasteiger partial charge in [-0.2, -0.15) is 0 Å². The standard InChI is InChI=1S/C16H23BrO3/c1-2-8-18-14-7-6-13(11-17)16(10-14)20-12-15-5-3-4-9-19-15/h6-7,10,15H,2-5,8-9,11-12H2,1H3.